The first kappa shape index (κ1) is 12.2. The van der Waals surface area contributed by atoms with Gasteiger partial charge in [-0.25, -0.2) is 0 Å². The molecule has 2 nitrogen and oxygen atoms in total. The van der Waals surface area contributed by atoms with Crippen LogP contribution in [0.4, 0.5) is 0 Å². The Labute approximate surface area is 119 Å². The Kier molecular flexibility index (Phi) is 3.22. The van der Waals surface area contributed by atoms with E-state index in [1.165, 1.54) is 0 Å². The van der Waals surface area contributed by atoms with Gasteiger partial charge in [-0.3, -0.25) is 4.79 Å². The summed E-state index contributed by atoms with van der Waals surface area (Å²) in [7, 11) is 0. The monoisotopic (exact) mass is 314 g/mol. The largest absolute Gasteiger partial charge is 0.488 e. The molecule has 0 atom stereocenters. The van der Waals surface area contributed by atoms with Crippen LogP contribution in [-0.2, 0) is 0 Å². The number of carbonyl (C=O) groups is 1. The first-order valence-electron chi connectivity index (χ1n) is 5.95. The van der Waals surface area contributed by atoms with Gasteiger partial charge in [0.05, 0.1) is 0 Å². The van der Waals surface area contributed by atoms with Crippen molar-refractivity contribution < 1.29 is 9.53 Å². The van der Waals surface area contributed by atoms with Gasteiger partial charge in [0.1, 0.15) is 12.4 Å². The van der Waals surface area contributed by atoms with Crippen LogP contribution in [0.2, 0.25) is 0 Å². The second-order valence-corrected chi connectivity index (χ2v) is 5.26. The molecule has 0 amide bonds. The molecule has 2 aromatic rings. The minimum atomic E-state index is 0.486. The first-order valence-corrected chi connectivity index (χ1v) is 6.75. The molecule has 0 radical (unpaired) electrons. The Morgan fingerprint density at radius 1 is 1.16 bits per heavy atom. The van der Waals surface area contributed by atoms with Crippen LogP contribution in [-0.4, -0.2) is 12.9 Å². The van der Waals surface area contributed by atoms with Crippen molar-refractivity contribution in [3.05, 3.63) is 63.6 Å². The number of aldehydes is 1. The third-order valence-corrected chi connectivity index (χ3v) is 3.61. The van der Waals surface area contributed by atoms with Gasteiger partial charge >= 0.3 is 0 Å². The van der Waals surface area contributed by atoms with Gasteiger partial charge in [-0.2, -0.15) is 0 Å². The molecule has 1 heterocycles. The van der Waals surface area contributed by atoms with Crippen molar-refractivity contribution in [3.8, 4) is 5.75 Å². The van der Waals surface area contributed by atoms with Gasteiger partial charge in [0.25, 0.3) is 0 Å². The highest BCUT2D eigenvalue weighted by molar-refractivity contribution is 9.10. The molecule has 3 heteroatoms. The number of hydrogen-bond acceptors (Lipinski definition) is 2. The zero-order chi connectivity index (χ0) is 13.2. The lowest BCUT2D eigenvalue weighted by Crippen LogP contribution is -2.08. The highest BCUT2D eigenvalue weighted by atomic mass is 79.9. The number of hydrogen-bond donors (Lipinski definition) is 0. The average molecular weight is 315 g/mol. The molecule has 0 bridgehead atoms. The number of benzene rings is 2. The number of carbonyl (C=O) groups excluding carboxylic acids is 1. The summed E-state index contributed by atoms with van der Waals surface area (Å²) in [6.07, 6.45) is 2.96. The van der Waals surface area contributed by atoms with Crippen molar-refractivity contribution in [2.75, 3.05) is 6.61 Å². The van der Waals surface area contributed by atoms with Crippen molar-refractivity contribution in [2.24, 2.45) is 0 Å². The first-order chi connectivity index (χ1) is 9.28. The van der Waals surface area contributed by atoms with E-state index in [1.54, 1.807) is 0 Å². The quantitative estimate of drug-likeness (QED) is 0.777. The lowest BCUT2D eigenvalue weighted by atomic mass is 9.97. The maximum atomic E-state index is 11.1. The minimum absolute atomic E-state index is 0.486. The van der Waals surface area contributed by atoms with E-state index >= 15 is 0 Å². The predicted molar refractivity (Wildman–Crippen MR) is 79.3 cm³/mol. The third kappa shape index (κ3) is 2.34. The molecule has 0 spiro atoms. The summed E-state index contributed by atoms with van der Waals surface area (Å²) in [5.74, 6) is 0.871. The molecular weight excluding hydrogens is 304 g/mol. The molecule has 1 aliphatic heterocycles. The van der Waals surface area contributed by atoms with E-state index in [1.807, 2.05) is 42.5 Å². The molecule has 2 aromatic carbocycles. The summed E-state index contributed by atoms with van der Waals surface area (Å²) >= 11 is 3.45. The lowest BCUT2D eigenvalue weighted by Gasteiger charge is -2.19. The summed E-state index contributed by atoms with van der Waals surface area (Å²) in [4.78, 5) is 11.1. The molecule has 0 fully saturated rings. The number of ether oxygens (including phenoxy) is 1. The molecule has 3 rings (SSSR count). The van der Waals surface area contributed by atoms with Crippen molar-refractivity contribution in [1.29, 1.82) is 0 Å². The zero-order valence-corrected chi connectivity index (χ0v) is 11.7. The highest BCUT2D eigenvalue weighted by Crippen LogP contribution is 2.33. The van der Waals surface area contributed by atoms with Gasteiger partial charge in [0.2, 0.25) is 0 Å². The van der Waals surface area contributed by atoms with Crippen LogP contribution < -0.4 is 4.74 Å². The van der Waals surface area contributed by atoms with E-state index in [0.717, 1.165) is 33.2 Å². The van der Waals surface area contributed by atoms with Crippen molar-refractivity contribution in [3.63, 3.8) is 0 Å². The molecule has 94 valence electrons. The van der Waals surface area contributed by atoms with E-state index < -0.39 is 0 Å². The summed E-state index contributed by atoms with van der Waals surface area (Å²) in [6.45, 7) is 0.486. The van der Waals surface area contributed by atoms with Crippen LogP contribution in [0.25, 0.3) is 11.6 Å². The van der Waals surface area contributed by atoms with Crippen LogP contribution in [0.3, 0.4) is 0 Å². The summed E-state index contributed by atoms with van der Waals surface area (Å²) in [6, 6.07) is 13.5. The smallest absolute Gasteiger partial charge is 0.150 e. The van der Waals surface area contributed by atoms with Crippen molar-refractivity contribution in [2.45, 2.75) is 0 Å². The van der Waals surface area contributed by atoms with Gasteiger partial charge in [-0.15, -0.1) is 0 Å². The van der Waals surface area contributed by atoms with Gasteiger partial charge in [-0.1, -0.05) is 40.2 Å². The Balaban J connectivity index is 2.10. The fourth-order valence-electron chi connectivity index (χ4n) is 2.20. The van der Waals surface area contributed by atoms with Gasteiger partial charge in [0.15, 0.2) is 6.29 Å². The molecule has 19 heavy (non-hydrogen) atoms. The van der Waals surface area contributed by atoms with Gasteiger partial charge in [0, 0.05) is 15.6 Å². The SMILES string of the molecule is O=Cc1ccccc1C1=Cc2cc(Br)ccc2OC1. The van der Waals surface area contributed by atoms with Crippen LogP contribution >= 0.6 is 15.9 Å². The fraction of sp³-hybridized carbons (Fsp3) is 0.0625. The van der Waals surface area contributed by atoms with Gasteiger partial charge in [-0.05, 0) is 35.4 Å². The van der Waals surface area contributed by atoms with Crippen LogP contribution in [0, 0.1) is 0 Å². The Hall–Kier alpha value is -1.87. The number of fused-ring (bicyclic) bond motifs is 1. The molecular formula is C16H11BrO2. The minimum Gasteiger partial charge on any atom is -0.488 e. The standard InChI is InChI=1S/C16H11BrO2/c17-14-5-6-16-12(8-14)7-13(10-19-16)15-4-2-1-3-11(15)9-18/h1-9H,10H2. The Bertz CT molecular complexity index is 674. The zero-order valence-electron chi connectivity index (χ0n) is 10.1. The van der Waals surface area contributed by atoms with E-state index in [2.05, 4.69) is 22.0 Å². The van der Waals surface area contributed by atoms with Crippen molar-refractivity contribution in [1.82, 2.24) is 0 Å². The lowest BCUT2D eigenvalue weighted by molar-refractivity contribution is 0.112. The second kappa shape index (κ2) is 5.02. The van der Waals surface area contributed by atoms with Crippen molar-refractivity contribution >= 4 is 33.9 Å². The summed E-state index contributed by atoms with van der Waals surface area (Å²) in [5.41, 5.74) is 3.67. The Morgan fingerprint density at radius 3 is 2.84 bits per heavy atom. The summed E-state index contributed by atoms with van der Waals surface area (Å²) < 4.78 is 6.75. The molecule has 0 unspecified atom stereocenters. The van der Waals surface area contributed by atoms with Crippen LogP contribution in [0.5, 0.6) is 5.75 Å². The third-order valence-electron chi connectivity index (χ3n) is 3.12. The van der Waals surface area contributed by atoms with E-state index in [-0.39, 0.29) is 0 Å². The second-order valence-electron chi connectivity index (χ2n) is 4.35. The summed E-state index contributed by atoms with van der Waals surface area (Å²) in [5, 5.41) is 0. The van der Waals surface area contributed by atoms with Gasteiger partial charge < -0.3 is 4.74 Å². The maximum absolute atomic E-state index is 11.1. The van der Waals surface area contributed by atoms with Crippen LogP contribution in [0.1, 0.15) is 21.5 Å². The molecule has 0 N–H and O–H groups in total. The van der Waals surface area contributed by atoms with E-state index in [9.17, 15) is 4.79 Å². The molecule has 0 saturated heterocycles. The molecule has 0 aliphatic carbocycles. The molecule has 0 aromatic heterocycles. The topological polar surface area (TPSA) is 26.3 Å². The number of rotatable bonds is 2. The fourth-order valence-corrected chi connectivity index (χ4v) is 2.57. The molecule has 1 aliphatic rings. The van der Waals surface area contributed by atoms with E-state index in [0.29, 0.717) is 12.2 Å². The number of halogens is 1. The normalized spacial score (nSPS) is 13.2. The predicted octanol–water partition coefficient (Wildman–Crippen LogP) is 4.19. The van der Waals surface area contributed by atoms with Crippen LogP contribution in [0.15, 0.2) is 46.9 Å². The maximum Gasteiger partial charge on any atom is 0.150 e. The van der Waals surface area contributed by atoms with E-state index in [4.69, 9.17) is 4.74 Å². The average Bonchev–Trinajstić information content (AvgIpc) is 2.46. The highest BCUT2D eigenvalue weighted by Gasteiger charge is 2.15. The Morgan fingerprint density at radius 2 is 2.00 bits per heavy atom. The molecule has 0 saturated carbocycles.